The molecule has 1 saturated heterocycles. The summed E-state index contributed by atoms with van der Waals surface area (Å²) in [6.07, 6.45) is -1.71. The van der Waals surface area contributed by atoms with Gasteiger partial charge in [-0.05, 0) is 59.8 Å². The maximum atomic E-state index is 12.2. The normalized spacial score (nSPS) is 16.2. The number of carbonyl (C=O) groups excluding carboxylic acids is 2. The van der Waals surface area contributed by atoms with E-state index in [2.05, 4.69) is 15.0 Å². The van der Waals surface area contributed by atoms with Crippen LogP contribution in [0.15, 0.2) is 47.5 Å². The summed E-state index contributed by atoms with van der Waals surface area (Å²) in [5.41, 5.74) is 1.71. The standard InChI is InChI=1S/C16H9F3N2O3S/c17-16(18,19)24-11-3-1-10(2-4-11)12-7-9(5-6-20-12)8-13-14(22)21-15(23)25-13/h1-8H,(H,21,22,23). The van der Waals surface area contributed by atoms with Crippen molar-refractivity contribution in [3.63, 3.8) is 0 Å². The lowest BCUT2D eigenvalue weighted by Crippen LogP contribution is -2.17. The number of amides is 2. The number of halogens is 3. The number of ether oxygens (including phenoxy) is 1. The molecule has 1 aliphatic rings. The molecule has 25 heavy (non-hydrogen) atoms. The van der Waals surface area contributed by atoms with Crippen LogP contribution in [0.25, 0.3) is 17.3 Å². The Hall–Kier alpha value is -2.81. The molecule has 0 saturated carbocycles. The zero-order chi connectivity index (χ0) is 18.0. The van der Waals surface area contributed by atoms with Gasteiger partial charge in [0.2, 0.25) is 0 Å². The molecule has 0 unspecified atom stereocenters. The van der Waals surface area contributed by atoms with Crippen LogP contribution in [0.4, 0.5) is 18.0 Å². The van der Waals surface area contributed by atoms with Crippen LogP contribution in [0.5, 0.6) is 5.75 Å². The first-order valence-electron chi connectivity index (χ1n) is 6.87. The summed E-state index contributed by atoms with van der Waals surface area (Å²) in [6, 6.07) is 8.57. The molecule has 2 heterocycles. The molecule has 0 radical (unpaired) electrons. The van der Waals surface area contributed by atoms with Crippen molar-refractivity contribution in [1.82, 2.24) is 10.3 Å². The number of rotatable bonds is 3. The van der Waals surface area contributed by atoms with Gasteiger partial charge in [0.25, 0.3) is 11.1 Å². The molecule has 1 fully saturated rings. The molecule has 0 aliphatic carbocycles. The van der Waals surface area contributed by atoms with Crippen molar-refractivity contribution in [3.8, 4) is 17.0 Å². The number of imide groups is 1. The fourth-order valence-corrected chi connectivity index (χ4v) is 2.78. The van der Waals surface area contributed by atoms with Gasteiger partial charge in [-0.3, -0.25) is 19.9 Å². The average molecular weight is 366 g/mol. The first kappa shape index (κ1) is 17.0. The Morgan fingerprint density at radius 2 is 1.84 bits per heavy atom. The summed E-state index contributed by atoms with van der Waals surface area (Å²) >= 11 is 0.795. The highest BCUT2D eigenvalue weighted by Gasteiger charge is 2.31. The van der Waals surface area contributed by atoms with E-state index in [0.29, 0.717) is 16.8 Å². The minimum atomic E-state index is -4.75. The molecule has 9 heteroatoms. The number of hydrogen-bond acceptors (Lipinski definition) is 5. The van der Waals surface area contributed by atoms with Crippen molar-refractivity contribution < 1.29 is 27.5 Å². The van der Waals surface area contributed by atoms with E-state index in [-0.39, 0.29) is 10.7 Å². The first-order chi connectivity index (χ1) is 11.8. The highest BCUT2D eigenvalue weighted by molar-refractivity contribution is 8.18. The molecule has 1 aliphatic heterocycles. The van der Waals surface area contributed by atoms with Crippen LogP contribution in [0.2, 0.25) is 0 Å². The molecule has 1 aromatic heterocycles. The van der Waals surface area contributed by atoms with Gasteiger partial charge in [0.15, 0.2) is 0 Å². The van der Waals surface area contributed by atoms with Crippen LogP contribution in [0.3, 0.4) is 0 Å². The van der Waals surface area contributed by atoms with E-state index in [1.54, 1.807) is 12.1 Å². The quantitative estimate of drug-likeness (QED) is 0.833. The van der Waals surface area contributed by atoms with E-state index in [1.807, 2.05) is 0 Å². The first-order valence-corrected chi connectivity index (χ1v) is 7.69. The summed E-state index contributed by atoms with van der Waals surface area (Å²) in [5, 5.41) is 1.71. The molecule has 5 nitrogen and oxygen atoms in total. The van der Waals surface area contributed by atoms with Crippen molar-refractivity contribution in [2.24, 2.45) is 0 Å². The Balaban J connectivity index is 1.83. The maximum Gasteiger partial charge on any atom is 0.573 e. The zero-order valence-corrected chi connectivity index (χ0v) is 13.1. The smallest absolute Gasteiger partial charge is 0.406 e. The van der Waals surface area contributed by atoms with Crippen molar-refractivity contribution in [2.45, 2.75) is 6.36 Å². The van der Waals surface area contributed by atoms with Gasteiger partial charge >= 0.3 is 6.36 Å². The molecule has 128 valence electrons. The zero-order valence-electron chi connectivity index (χ0n) is 12.3. The lowest BCUT2D eigenvalue weighted by molar-refractivity contribution is -0.274. The van der Waals surface area contributed by atoms with E-state index < -0.39 is 17.5 Å². The third kappa shape index (κ3) is 4.38. The second kappa shape index (κ2) is 6.60. The molecule has 1 aromatic carbocycles. The number of thioether (sulfide) groups is 1. The van der Waals surface area contributed by atoms with Gasteiger partial charge in [-0.2, -0.15) is 0 Å². The maximum absolute atomic E-state index is 12.2. The Labute approximate surface area is 143 Å². The van der Waals surface area contributed by atoms with Crippen LogP contribution in [0.1, 0.15) is 5.56 Å². The van der Waals surface area contributed by atoms with Crippen molar-refractivity contribution >= 4 is 29.0 Å². The van der Waals surface area contributed by atoms with Crippen LogP contribution in [-0.2, 0) is 4.79 Å². The summed E-state index contributed by atoms with van der Waals surface area (Å²) < 4.78 is 40.3. The Morgan fingerprint density at radius 1 is 1.12 bits per heavy atom. The van der Waals surface area contributed by atoms with E-state index in [1.165, 1.54) is 36.5 Å². The second-order valence-electron chi connectivity index (χ2n) is 4.90. The van der Waals surface area contributed by atoms with E-state index in [9.17, 15) is 22.8 Å². The number of nitrogens with zero attached hydrogens (tertiary/aromatic N) is 1. The van der Waals surface area contributed by atoms with E-state index >= 15 is 0 Å². The number of aromatic nitrogens is 1. The molecular weight excluding hydrogens is 357 g/mol. The number of carbonyl (C=O) groups is 2. The SMILES string of the molecule is O=C1NC(=O)C(=Cc2ccnc(-c3ccc(OC(F)(F)F)cc3)c2)S1. The Morgan fingerprint density at radius 3 is 2.44 bits per heavy atom. The van der Waals surface area contributed by atoms with E-state index in [0.717, 1.165) is 11.8 Å². The molecule has 0 spiro atoms. The lowest BCUT2D eigenvalue weighted by Gasteiger charge is -2.09. The fourth-order valence-electron chi connectivity index (χ4n) is 2.09. The summed E-state index contributed by atoms with van der Waals surface area (Å²) in [6.45, 7) is 0. The predicted octanol–water partition coefficient (Wildman–Crippen LogP) is 3.97. The summed E-state index contributed by atoms with van der Waals surface area (Å²) in [4.78, 5) is 27.1. The molecule has 3 rings (SSSR count). The molecule has 0 atom stereocenters. The van der Waals surface area contributed by atoms with E-state index in [4.69, 9.17) is 0 Å². The monoisotopic (exact) mass is 366 g/mol. The molecule has 2 aromatic rings. The molecule has 1 N–H and O–H groups in total. The predicted molar refractivity (Wildman–Crippen MR) is 85.5 cm³/mol. The van der Waals surface area contributed by atoms with Gasteiger partial charge in [-0.25, -0.2) is 0 Å². The van der Waals surface area contributed by atoms with Gasteiger partial charge < -0.3 is 4.74 Å². The Bertz CT molecular complexity index is 864. The van der Waals surface area contributed by atoms with Gasteiger partial charge in [0.05, 0.1) is 10.6 Å². The fraction of sp³-hybridized carbons (Fsp3) is 0.0625. The second-order valence-corrected chi connectivity index (χ2v) is 5.91. The van der Waals surface area contributed by atoms with Crippen LogP contribution >= 0.6 is 11.8 Å². The number of benzene rings is 1. The van der Waals surface area contributed by atoms with Crippen molar-refractivity contribution in [2.75, 3.05) is 0 Å². The molecule has 2 amide bonds. The minimum absolute atomic E-state index is 0.260. The minimum Gasteiger partial charge on any atom is -0.406 e. The lowest BCUT2D eigenvalue weighted by atomic mass is 10.1. The highest BCUT2D eigenvalue weighted by atomic mass is 32.2. The van der Waals surface area contributed by atoms with Gasteiger partial charge in [0.1, 0.15) is 5.75 Å². The average Bonchev–Trinajstić information content (AvgIpc) is 2.84. The number of pyridine rings is 1. The van der Waals surface area contributed by atoms with Crippen LogP contribution in [0, 0.1) is 0 Å². The Kier molecular flexibility index (Phi) is 4.49. The number of hydrogen-bond donors (Lipinski definition) is 1. The third-order valence-corrected chi connectivity index (χ3v) is 3.92. The van der Waals surface area contributed by atoms with Gasteiger partial charge in [-0.15, -0.1) is 13.2 Å². The van der Waals surface area contributed by atoms with Crippen molar-refractivity contribution in [3.05, 3.63) is 53.1 Å². The van der Waals surface area contributed by atoms with Gasteiger partial charge in [-0.1, -0.05) is 0 Å². The topological polar surface area (TPSA) is 68.3 Å². The summed E-state index contributed by atoms with van der Waals surface area (Å²) in [5.74, 6) is -0.797. The molecule has 0 bridgehead atoms. The summed E-state index contributed by atoms with van der Waals surface area (Å²) in [7, 11) is 0. The number of alkyl halides is 3. The van der Waals surface area contributed by atoms with Crippen LogP contribution in [-0.4, -0.2) is 22.5 Å². The third-order valence-electron chi connectivity index (χ3n) is 3.11. The van der Waals surface area contributed by atoms with Crippen LogP contribution < -0.4 is 10.1 Å². The largest absolute Gasteiger partial charge is 0.573 e. The number of nitrogens with one attached hydrogen (secondary N) is 1. The van der Waals surface area contributed by atoms with Crippen molar-refractivity contribution in [1.29, 1.82) is 0 Å². The van der Waals surface area contributed by atoms with Gasteiger partial charge in [0, 0.05) is 11.8 Å². The highest BCUT2D eigenvalue weighted by Crippen LogP contribution is 2.28. The molecular formula is C16H9F3N2O3S.